The molecule has 1 aromatic carbocycles. The van der Waals surface area contributed by atoms with Crippen molar-refractivity contribution in [3.8, 4) is 0 Å². The van der Waals surface area contributed by atoms with Crippen LogP contribution in [0.15, 0.2) is 18.2 Å². The highest BCUT2D eigenvalue weighted by atomic mass is 19.1. The first-order chi connectivity index (χ1) is 14.8. The number of aliphatic hydroxyl groups is 1. The predicted octanol–water partition coefficient (Wildman–Crippen LogP) is 3.54. The molecule has 31 heavy (non-hydrogen) atoms. The van der Waals surface area contributed by atoms with Crippen molar-refractivity contribution in [3.63, 3.8) is 0 Å². The number of anilines is 2. The molecule has 1 saturated carbocycles. The topological polar surface area (TPSA) is 72.9 Å². The Balaban J connectivity index is 1.46. The van der Waals surface area contributed by atoms with E-state index in [0.717, 1.165) is 58.0 Å². The maximum Gasteiger partial charge on any atom is 0.230 e. The fourth-order valence-corrected chi connectivity index (χ4v) is 5.41. The van der Waals surface area contributed by atoms with Crippen LogP contribution in [0.4, 0.5) is 15.8 Å². The van der Waals surface area contributed by atoms with Crippen LogP contribution >= 0.6 is 0 Å². The first-order valence-electron chi connectivity index (χ1n) is 11.6. The molecule has 2 saturated heterocycles. The van der Waals surface area contributed by atoms with E-state index in [2.05, 4.69) is 5.32 Å². The van der Waals surface area contributed by atoms with E-state index in [4.69, 9.17) is 0 Å². The Morgan fingerprint density at radius 2 is 1.94 bits per heavy atom. The number of nitrogens with zero attached hydrogens (tertiary/aromatic N) is 2. The van der Waals surface area contributed by atoms with E-state index in [1.54, 1.807) is 26.0 Å². The normalized spacial score (nSPS) is 29.1. The second-order valence-corrected chi connectivity index (χ2v) is 9.83. The molecular formula is C24H34FN3O3. The number of aliphatic hydroxyl groups excluding tert-OH is 1. The van der Waals surface area contributed by atoms with E-state index < -0.39 is 5.41 Å². The fourth-order valence-electron chi connectivity index (χ4n) is 5.41. The number of hydrogen-bond donors (Lipinski definition) is 2. The summed E-state index contributed by atoms with van der Waals surface area (Å²) in [6.07, 6.45) is 5.54. The zero-order valence-corrected chi connectivity index (χ0v) is 18.6. The predicted molar refractivity (Wildman–Crippen MR) is 118 cm³/mol. The molecule has 1 aromatic rings. The van der Waals surface area contributed by atoms with Gasteiger partial charge in [0.25, 0.3) is 0 Å². The summed E-state index contributed by atoms with van der Waals surface area (Å²) in [6.45, 7) is 5.61. The molecule has 0 aromatic heterocycles. The van der Waals surface area contributed by atoms with Crippen LogP contribution in [0.1, 0.15) is 58.8 Å². The van der Waals surface area contributed by atoms with Gasteiger partial charge >= 0.3 is 0 Å². The van der Waals surface area contributed by atoms with E-state index in [1.807, 2.05) is 9.80 Å². The smallest absolute Gasteiger partial charge is 0.230 e. The lowest BCUT2D eigenvalue weighted by Crippen LogP contribution is -2.50. The number of nitrogens with one attached hydrogen (secondary N) is 1. The number of rotatable bonds is 4. The monoisotopic (exact) mass is 431 g/mol. The van der Waals surface area contributed by atoms with Gasteiger partial charge in [0.2, 0.25) is 11.8 Å². The van der Waals surface area contributed by atoms with Gasteiger partial charge in [0.05, 0.1) is 17.2 Å². The third-order valence-electron chi connectivity index (χ3n) is 7.31. The first-order valence-corrected chi connectivity index (χ1v) is 11.6. The van der Waals surface area contributed by atoms with Crippen LogP contribution in [0.3, 0.4) is 0 Å². The Labute approximate surface area is 183 Å². The van der Waals surface area contributed by atoms with E-state index in [9.17, 15) is 19.1 Å². The van der Waals surface area contributed by atoms with Gasteiger partial charge in [-0.25, -0.2) is 4.39 Å². The number of halogens is 1. The van der Waals surface area contributed by atoms with Gasteiger partial charge in [-0.3, -0.25) is 9.59 Å². The minimum absolute atomic E-state index is 0.143. The van der Waals surface area contributed by atoms with Gasteiger partial charge in [-0.05, 0) is 63.1 Å². The average molecular weight is 432 g/mol. The number of carbonyl (C=O) groups is 2. The Kier molecular flexibility index (Phi) is 6.24. The van der Waals surface area contributed by atoms with Crippen LogP contribution in [0.25, 0.3) is 0 Å². The Morgan fingerprint density at radius 3 is 2.61 bits per heavy atom. The largest absolute Gasteiger partial charge is 0.393 e. The highest BCUT2D eigenvalue weighted by molar-refractivity contribution is 5.92. The molecule has 1 spiro atoms. The molecule has 6 nitrogen and oxygen atoms in total. The standard InChI is InChI=1S/C24H34FN3O3/c1-16(2)22(30)26-17-4-9-21(20(25)14-17)27-12-3-10-24(15-27)11-13-28(23(24)31)18-5-7-19(29)8-6-18/h4,9,14,16,18-19,29H,3,5-8,10-13,15H2,1-2H3,(H,26,30). The molecule has 3 fully saturated rings. The lowest BCUT2D eigenvalue weighted by Gasteiger charge is -2.41. The first kappa shape index (κ1) is 22.1. The van der Waals surface area contributed by atoms with Gasteiger partial charge in [0.15, 0.2) is 0 Å². The Morgan fingerprint density at radius 1 is 1.19 bits per heavy atom. The van der Waals surface area contributed by atoms with E-state index >= 15 is 0 Å². The van der Waals surface area contributed by atoms with Crippen LogP contribution < -0.4 is 10.2 Å². The number of likely N-dealkylation sites (tertiary alicyclic amines) is 1. The van der Waals surface area contributed by atoms with Crippen LogP contribution in [0.5, 0.6) is 0 Å². The highest BCUT2D eigenvalue weighted by Gasteiger charge is 2.50. The third-order valence-corrected chi connectivity index (χ3v) is 7.31. The van der Waals surface area contributed by atoms with Gasteiger partial charge in [-0.1, -0.05) is 13.8 Å². The van der Waals surface area contributed by atoms with Crippen LogP contribution in [-0.2, 0) is 9.59 Å². The summed E-state index contributed by atoms with van der Waals surface area (Å²) in [4.78, 5) is 29.4. The summed E-state index contributed by atoms with van der Waals surface area (Å²) in [5.74, 6) is -0.480. The summed E-state index contributed by atoms with van der Waals surface area (Å²) in [6, 6.07) is 5.04. The number of piperidine rings is 1. The van der Waals surface area contributed by atoms with Crippen molar-refractivity contribution in [2.75, 3.05) is 29.9 Å². The molecular weight excluding hydrogens is 397 g/mol. The highest BCUT2D eigenvalue weighted by Crippen LogP contribution is 2.43. The number of amides is 2. The molecule has 1 unspecified atom stereocenters. The van der Waals surface area contributed by atoms with E-state index in [0.29, 0.717) is 17.9 Å². The summed E-state index contributed by atoms with van der Waals surface area (Å²) >= 11 is 0. The van der Waals surface area contributed by atoms with Gasteiger partial charge in [0, 0.05) is 37.3 Å². The molecule has 2 heterocycles. The SMILES string of the molecule is CC(C)C(=O)Nc1ccc(N2CCCC3(CCN(C4CCC(O)CC4)C3=O)C2)c(F)c1. The van der Waals surface area contributed by atoms with Crippen molar-refractivity contribution in [1.82, 2.24) is 4.90 Å². The summed E-state index contributed by atoms with van der Waals surface area (Å²) < 4.78 is 15.0. The van der Waals surface area contributed by atoms with Crippen molar-refractivity contribution in [2.45, 2.75) is 70.9 Å². The molecule has 0 radical (unpaired) electrons. The molecule has 2 N–H and O–H groups in total. The van der Waals surface area contributed by atoms with Crippen molar-refractivity contribution >= 4 is 23.2 Å². The average Bonchev–Trinajstić information content (AvgIpc) is 3.04. The Hall–Kier alpha value is -2.15. The zero-order chi connectivity index (χ0) is 22.2. The Bertz CT molecular complexity index is 837. The van der Waals surface area contributed by atoms with Crippen molar-refractivity contribution in [1.29, 1.82) is 0 Å². The minimum atomic E-state index is -0.439. The van der Waals surface area contributed by atoms with Gasteiger partial charge in [-0.15, -0.1) is 0 Å². The number of hydrogen-bond acceptors (Lipinski definition) is 4. The van der Waals surface area contributed by atoms with Crippen molar-refractivity contribution in [3.05, 3.63) is 24.0 Å². The zero-order valence-electron chi connectivity index (χ0n) is 18.6. The number of carbonyl (C=O) groups excluding carboxylic acids is 2. The second kappa shape index (κ2) is 8.77. The molecule has 1 aliphatic carbocycles. The molecule has 4 rings (SSSR count). The lowest BCUT2D eigenvalue weighted by molar-refractivity contribution is -0.139. The maximum atomic E-state index is 15.0. The molecule has 3 aliphatic rings. The third kappa shape index (κ3) is 4.43. The van der Waals surface area contributed by atoms with Crippen molar-refractivity contribution < 1.29 is 19.1 Å². The van der Waals surface area contributed by atoms with E-state index in [1.165, 1.54) is 6.07 Å². The summed E-state index contributed by atoms with van der Waals surface area (Å²) in [5, 5.41) is 12.5. The summed E-state index contributed by atoms with van der Waals surface area (Å²) in [7, 11) is 0. The lowest BCUT2D eigenvalue weighted by atomic mass is 9.78. The molecule has 2 amide bonds. The summed E-state index contributed by atoms with van der Waals surface area (Å²) in [5.41, 5.74) is 0.508. The van der Waals surface area contributed by atoms with Gasteiger partial charge in [-0.2, -0.15) is 0 Å². The van der Waals surface area contributed by atoms with Crippen LogP contribution in [0, 0.1) is 17.2 Å². The fraction of sp³-hybridized carbons (Fsp3) is 0.667. The van der Waals surface area contributed by atoms with Crippen LogP contribution in [-0.4, -0.2) is 53.6 Å². The van der Waals surface area contributed by atoms with Gasteiger partial charge < -0.3 is 20.2 Å². The minimum Gasteiger partial charge on any atom is -0.393 e. The molecule has 7 heteroatoms. The van der Waals surface area contributed by atoms with E-state index in [-0.39, 0.29) is 35.7 Å². The molecule has 2 aliphatic heterocycles. The van der Waals surface area contributed by atoms with Crippen molar-refractivity contribution in [2.24, 2.45) is 11.3 Å². The van der Waals surface area contributed by atoms with Gasteiger partial charge in [0.1, 0.15) is 5.82 Å². The second-order valence-electron chi connectivity index (χ2n) is 9.83. The maximum absolute atomic E-state index is 15.0. The molecule has 170 valence electrons. The van der Waals surface area contributed by atoms with Crippen LogP contribution in [0.2, 0.25) is 0 Å². The molecule has 1 atom stereocenters. The quantitative estimate of drug-likeness (QED) is 0.765. The molecule has 0 bridgehead atoms. The number of benzene rings is 1.